The second-order valence-corrected chi connectivity index (χ2v) is 5.91. The summed E-state index contributed by atoms with van der Waals surface area (Å²) in [6.45, 7) is 4.29. The third-order valence-corrected chi connectivity index (χ3v) is 4.25. The van der Waals surface area contributed by atoms with Crippen LogP contribution in [0.15, 0.2) is 16.6 Å². The fraction of sp³-hybridized carbons (Fsp3) is 0.571. The van der Waals surface area contributed by atoms with Crippen LogP contribution < -0.4 is 10.5 Å². The van der Waals surface area contributed by atoms with Gasteiger partial charge in [-0.15, -0.1) is 0 Å². The van der Waals surface area contributed by atoms with Crippen molar-refractivity contribution in [1.29, 1.82) is 0 Å². The van der Waals surface area contributed by atoms with E-state index in [1.807, 2.05) is 19.1 Å². The summed E-state index contributed by atoms with van der Waals surface area (Å²) in [4.78, 5) is 0. The van der Waals surface area contributed by atoms with E-state index < -0.39 is 0 Å². The molecule has 17 heavy (non-hydrogen) atoms. The zero-order valence-corrected chi connectivity index (χ0v) is 12.1. The Labute approximate surface area is 112 Å². The number of nitrogens with two attached hydrogens (primary N) is 1. The van der Waals surface area contributed by atoms with Crippen LogP contribution in [0.5, 0.6) is 5.75 Å². The lowest BCUT2D eigenvalue weighted by Crippen LogP contribution is -2.28. The fourth-order valence-corrected chi connectivity index (χ4v) is 2.84. The largest absolute Gasteiger partial charge is 0.489 e. The molecule has 2 atom stereocenters. The van der Waals surface area contributed by atoms with Crippen LogP contribution in [0, 0.1) is 12.8 Å². The average Bonchev–Trinajstić information content (AvgIpc) is 2.29. The molecule has 0 radical (unpaired) electrons. The number of rotatable bonds is 2. The molecule has 1 aliphatic carbocycles. The summed E-state index contributed by atoms with van der Waals surface area (Å²) in [7, 11) is 0. The number of nitrogen functional groups attached to an aromatic ring is 1. The first-order valence-corrected chi connectivity index (χ1v) is 7.09. The zero-order chi connectivity index (χ0) is 12.4. The zero-order valence-electron chi connectivity index (χ0n) is 10.5. The second kappa shape index (κ2) is 5.30. The van der Waals surface area contributed by atoms with Gasteiger partial charge in [-0.1, -0.05) is 13.3 Å². The third kappa shape index (κ3) is 2.95. The van der Waals surface area contributed by atoms with Crippen molar-refractivity contribution in [3.63, 3.8) is 0 Å². The molecule has 0 heterocycles. The van der Waals surface area contributed by atoms with Crippen molar-refractivity contribution in [1.82, 2.24) is 0 Å². The van der Waals surface area contributed by atoms with Gasteiger partial charge in [-0.2, -0.15) is 0 Å². The normalized spacial score (nSPS) is 24.6. The van der Waals surface area contributed by atoms with Crippen molar-refractivity contribution in [2.24, 2.45) is 5.92 Å². The van der Waals surface area contributed by atoms with E-state index in [4.69, 9.17) is 10.5 Å². The van der Waals surface area contributed by atoms with Gasteiger partial charge in [0.25, 0.3) is 0 Å². The molecule has 0 amide bonds. The van der Waals surface area contributed by atoms with Crippen LogP contribution in [0.2, 0.25) is 0 Å². The van der Waals surface area contributed by atoms with Crippen molar-refractivity contribution in [2.75, 3.05) is 5.73 Å². The molecule has 1 aromatic carbocycles. The maximum absolute atomic E-state index is 6.13. The molecule has 2 unspecified atom stereocenters. The Morgan fingerprint density at radius 3 is 2.71 bits per heavy atom. The predicted molar refractivity (Wildman–Crippen MR) is 75.3 cm³/mol. The van der Waals surface area contributed by atoms with Gasteiger partial charge >= 0.3 is 0 Å². The van der Waals surface area contributed by atoms with E-state index in [9.17, 15) is 0 Å². The Bertz CT molecular complexity index is 405. The van der Waals surface area contributed by atoms with Gasteiger partial charge < -0.3 is 10.5 Å². The average molecular weight is 298 g/mol. The van der Waals surface area contributed by atoms with Crippen molar-refractivity contribution in [3.8, 4) is 5.75 Å². The highest BCUT2D eigenvalue weighted by Gasteiger charge is 2.23. The standard InChI is InChI=1S/C14H20BrNO/c1-9-5-3-4-6-13(9)17-14-7-10(2)12(16)8-11(14)15/h7-9,13H,3-6,16H2,1-2H3. The number of halogens is 1. The van der Waals surface area contributed by atoms with Crippen LogP contribution >= 0.6 is 15.9 Å². The molecule has 3 heteroatoms. The highest BCUT2D eigenvalue weighted by atomic mass is 79.9. The van der Waals surface area contributed by atoms with E-state index in [-0.39, 0.29) is 0 Å². The number of ether oxygens (including phenoxy) is 1. The van der Waals surface area contributed by atoms with Crippen LogP contribution in [-0.2, 0) is 0 Å². The number of hydrogen-bond donors (Lipinski definition) is 1. The first-order chi connectivity index (χ1) is 8.08. The van der Waals surface area contributed by atoms with Crippen molar-refractivity contribution in [3.05, 3.63) is 22.2 Å². The summed E-state index contributed by atoms with van der Waals surface area (Å²) in [5, 5.41) is 0. The minimum Gasteiger partial charge on any atom is -0.489 e. The van der Waals surface area contributed by atoms with Gasteiger partial charge in [0.05, 0.1) is 4.47 Å². The molecule has 0 spiro atoms. The Balaban J connectivity index is 2.15. The lowest BCUT2D eigenvalue weighted by Gasteiger charge is -2.29. The van der Waals surface area contributed by atoms with E-state index in [1.165, 1.54) is 19.3 Å². The van der Waals surface area contributed by atoms with Crippen LogP contribution in [0.4, 0.5) is 5.69 Å². The van der Waals surface area contributed by atoms with Gasteiger partial charge in [-0.3, -0.25) is 0 Å². The monoisotopic (exact) mass is 297 g/mol. The van der Waals surface area contributed by atoms with Crippen molar-refractivity contribution in [2.45, 2.75) is 45.6 Å². The van der Waals surface area contributed by atoms with E-state index in [2.05, 4.69) is 22.9 Å². The molecular formula is C14H20BrNO. The van der Waals surface area contributed by atoms with E-state index >= 15 is 0 Å². The van der Waals surface area contributed by atoms with E-state index in [0.717, 1.165) is 27.9 Å². The SMILES string of the molecule is Cc1cc(OC2CCCCC2C)c(Br)cc1N. The first-order valence-electron chi connectivity index (χ1n) is 6.30. The Morgan fingerprint density at radius 2 is 2.00 bits per heavy atom. The lowest BCUT2D eigenvalue weighted by atomic mass is 9.88. The molecule has 2 nitrogen and oxygen atoms in total. The smallest absolute Gasteiger partial charge is 0.134 e. The molecular weight excluding hydrogens is 278 g/mol. The van der Waals surface area contributed by atoms with Gasteiger partial charge in [0.15, 0.2) is 0 Å². The molecule has 1 aromatic rings. The lowest BCUT2D eigenvalue weighted by molar-refractivity contribution is 0.102. The maximum Gasteiger partial charge on any atom is 0.134 e. The fourth-order valence-electron chi connectivity index (χ4n) is 2.38. The highest BCUT2D eigenvalue weighted by Crippen LogP contribution is 2.34. The van der Waals surface area contributed by atoms with Crippen LogP contribution in [0.25, 0.3) is 0 Å². The number of anilines is 1. The van der Waals surface area contributed by atoms with Crippen LogP contribution in [-0.4, -0.2) is 6.10 Å². The summed E-state index contributed by atoms with van der Waals surface area (Å²) in [5.41, 5.74) is 7.75. The first kappa shape index (κ1) is 12.7. The number of benzene rings is 1. The molecule has 1 saturated carbocycles. The minimum atomic E-state index is 0.350. The third-order valence-electron chi connectivity index (χ3n) is 3.63. The summed E-state index contributed by atoms with van der Waals surface area (Å²) in [6, 6.07) is 3.96. The number of aryl methyl sites for hydroxylation is 1. The quantitative estimate of drug-likeness (QED) is 0.826. The summed E-state index contributed by atoms with van der Waals surface area (Å²) >= 11 is 3.52. The van der Waals surface area contributed by atoms with Crippen LogP contribution in [0.3, 0.4) is 0 Å². The summed E-state index contributed by atoms with van der Waals surface area (Å²) < 4.78 is 7.09. The summed E-state index contributed by atoms with van der Waals surface area (Å²) in [6.07, 6.45) is 5.40. The van der Waals surface area contributed by atoms with Gasteiger partial charge in [-0.25, -0.2) is 0 Å². The second-order valence-electron chi connectivity index (χ2n) is 5.06. The molecule has 0 aromatic heterocycles. The molecule has 2 rings (SSSR count). The van der Waals surface area contributed by atoms with Crippen LogP contribution in [0.1, 0.15) is 38.2 Å². The van der Waals surface area contributed by atoms with E-state index in [0.29, 0.717) is 12.0 Å². The molecule has 0 aliphatic heterocycles. The Hall–Kier alpha value is -0.700. The minimum absolute atomic E-state index is 0.350. The Kier molecular flexibility index (Phi) is 3.97. The van der Waals surface area contributed by atoms with Crippen molar-refractivity contribution < 1.29 is 4.74 Å². The van der Waals surface area contributed by atoms with Gasteiger partial charge in [-0.05, 0) is 65.7 Å². The van der Waals surface area contributed by atoms with Gasteiger partial charge in [0.1, 0.15) is 11.9 Å². The van der Waals surface area contributed by atoms with Gasteiger partial charge in [0.2, 0.25) is 0 Å². The maximum atomic E-state index is 6.13. The highest BCUT2D eigenvalue weighted by molar-refractivity contribution is 9.10. The summed E-state index contributed by atoms with van der Waals surface area (Å²) in [5.74, 6) is 1.57. The van der Waals surface area contributed by atoms with Gasteiger partial charge in [0, 0.05) is 5.69 Å². The van der Waals surface area contributed by atoms with E-state index in [1.54, 1.807) is 0 Å². The molecule has 2 N–H and O–H groups in total. The molecule has 0 bridgehead atoms. The Morgan fingerprint density at radius 1 is 1.29 bits per heavy atom. The molecule has 1 aliphatic rings. The number of hydrogen-bond acceptors (Lipinski definition) is 2. The topological polar surface area (TPSA) is 35.2 Å². The molecule has 1 fully saturated rings. The molecule has 0 saturated heterocycles. The molecule has 94 valence electrons. The van der Waals surface area contributed by atoms with Crippen molar-refractivity contribution >= 4 is 21.6 Å². The predicted octanol–water partition coefficient (Wildman–Crippen LogP) is 4.30.